The van der Waals surface area contributed by atoms with Gasteiger partial charge in [0.15, 0.2) is 5.43 Å². The van der Waals surface area contributed by atoms with Crippen molar-refractivity contribution in [3.8, 4) is 0 Å². The second-order valence-corrected chi connectivity index (χ2v) is 7.00. The maximum Gasteiger partial charge on any atom is 0.268 e. The lowest BCUT2D eigenvalue weighted by molar-refractivity contribution is -0.133. The summed E-state index contributed by atoms with van der Waals surface area (Å²) in [5, 5.41) is 2.99. The smallest absolute Gasteiger partial charge is 0.268 e. The lowest BCUT2D eigenvalue weighted by atomic mass is 10.0. The second kappa shape index (κ2) is 7.64. The normalized spacial score (nSPS) is 15.6. The van der Waals surface area contributed by atoms with Gasteiger partial charge in [-0.1, -0.05) is 13.8 Å². The Bertz CT molecular complexity index is 671. The number of aryl methyl sites for hydroxylation is 1. The SMILES string of the molecule is Cc1cc(=O)cc(C(=O)NC2CCN(C(=O)CC(C)C)CC2)n1C. The van der Waals surface area contributed by atoms with Gasteiger partial charge in [0.1, 0.15) is 5.69 Å². The number of piperidine rings is 1. The Kier molecular flexibility index (Phi) is 5.80. The van der Waals surface area contributed by atoms with E-state index in [1.165, 1.54) is 12.1 Å². The lowest BCUT2D eigenvalue weighted by Gasteiger charge is -2.33. The van der Waals surface area contributed by atoms with Crippen LogP contribution in [0.4, 0.5) is 0 Å². The molecule has 0 spiro atoms. The molecule has 6 heteroatoms. The van der Waals surface area contributed by atoms with Gasteiger partial charge >= 0.3 is 0 Å². The van der Waals surface area contributed by atoms with E-state index in [-0.39, 0.29) is 23.3 Å². The van der Waals surface area contributed by atoms with Crippen molar-refractivity contribution >= 4 is 11.8 Å². The number of hydrogen-bond donors (Lipinski definition) is 1. The average molecular weight is 333 g/mol. The molecule has 0 aliphatic carbocycles. The number of amides is 2. The van der Waals surface area contributed by atoms with Gasteiger partial charge in [0.25, 0.3) is 5.91 Å². The van der Waals surface area contributed by atoms with Gasteiger partial charge in [0.2, 0.25) is 5.91 Å². The molecular weight excluding hydrogens is 306 g/mol. The van der Waals surface area contributed by atoms with Crippen LogP contribution >= 0.6 is 0 Å². The van der Waals surface area contributed by atoms with Gasteiger partial charge in [-0.3, -0.25) is 14.4 Å². The Labute approximate surface area is 142 Å². The number of carbonyl (C=O) groups is 2. The Balaban J connectivity index is 1.93. The van der Waals surface area contributed by atoms with Crippen molar-refractivity contribution in [2.45, 2.75) is 46.1 Å². The molecular formula is C18H27N3O3. The topological polar surface area (TPSA) is 71.4 Å². The third kappa shape index (κ3) is 4.46. The average Bonchev–Trinajstić information content (AvgIpc) is 2.50. The molecule has 1 aliphatic rings. The molecule has 6 nitrogen and oxygen atoms in total. The van der Waals surface area contributed by atoms with E-state index in [4.69, 9.17) is 0 Å². The molecule has 1 saturated heterocycles. The van der Waals surface area contributed by atoms with Crippen molar-refractivity contribution in [1.29, 1.82) is 0 Å². The van der Waals surface area contributed by atoms with Gasteiger partial charge in [-0.05, 0) is 25.7 Å². The molecule has 0 aromatic carbocycles. The Hall–Kier alpha value is -2.11. The van der Waals surface area contributed by atoms with Crippen LogP contribution in [0.1, 0.15) is 49.3 Å². The van der Waals surface area contributed by atoms with Crippen molar-refractivity contribution in [2.75, 3.05) is 13.1 Å². The summed E-state index contributed by atoms with van der Waals surface area (Å²) in [6, 6.07) is 2.91. The summed E-state index contributed by atoms with van der Waals surface area (Å²) in [6.45, 7) is 7.22. The highest BCUT2D eigenvalue weighted by Gasteiger charge is 2.25. The van der Waals surface area contributed by atoms with Crippen LogP contribution < -0.4 is 10.7 Å². The van der Waals surface area contributed by atoms with Crippen LogP contribution in [0.2, 0.25) is 0 Å². The van der Waals surface area contributed by atoms with Crippen molar-refractivity contribution < 1.29 is 9.59 Å². The van der Waals surface area contributed by atoms with Crippen molar-refractivity contribution in [2.24, 2.45) is 13.0 Å². The summed E-state index contributed by atoms with van der Waals surface area (Å²) >= 11 is 0. The zero-order valence-electron chi connectivity index (χ0n) is 15.0. The molecule has 0 radical (unpaired) electrons. The fraction of sp³-hybridized carbons (Fsp3) is 0.611. The zero-order chi connectivity index (χ0) is 17.9. The summed E-state index contributed by atoms with van der Waals surface area (Å²) in [6.07, 6.45) is 2.06. The first kappa shape index (κ1) is 18.2. The molecule has 0 bridgehead atoms. The number of nitrogens with zero attached hydrogens (tertiary/aromatic N) is 2. The van der Waals surface area contributed by atoms with E-state index < -0.39 is 0 Å². The number of rotatable bonds is 4. The number of likely N-dealkylation sites (tertiary alicyclic amines) is 1. The van der Waals surface area contributed by atoms with E-state index in [0.29, 0.717) is 31.1 Å². The van der Waals surface area contributed by atoms with Gasteiger partial charge in [-0.25, -0.2) is 0 Å². The largest absolute Gasteiger partial charge is 0.348 e. The Morgan fingerprint density at radius 3 is 2.46 bits per heavy atom. The molecule has 132 valence electrons. The minimum atomic E-state index is -0.231. The molecule has 1 N–H and O–H groups in total. The van der Waals surface area contributed by atoms with E-state index in [9.17, 15) is 14.4 Å². The van der Waals surface area contributed by atoms with Crippen LogP contribution in [-0.4, -0.2) is 40.4 Å². The van der Waals surface area contributed by atoms with Gasteiger partial charge < -0.3 is 14.8 Å². The molecule has 0 unspecified atom stereocenters. The van der Waals surface area contributed by atoms with E-state index in [2.05, 4.69) is 5.32 Å². The molecule has 1 aromatic heterocycles. The number of nitrogens with one attached hydrogen (secondary N) is 1. The second-order valence-electron chi connectivity index (χ2n) is 7.00. The van der Waals surface area contributed by atoms with Gasteiger partial charge in [0.05, 0.1) is 0 Å². The van der Waals surface area contributed by atoms with E-state index >= 15 is 0 Å². The summed E-state index contributed by atoms with van der Waals surface area (Å²) in [4.78, 5) is 38.0. The van der Waals surface area contributed by atoms with Crippen LogP contribution in [0, 0.1) is 12.8 Å². The van der Waals surface area contributed by atoms with E-state index in [1.807, 2.05) is 18.7 Å². The maximum atomic E-state index is 12.4. The van der Waals surface area contributed by atoms with E-state index in [0.717, 1.165) is 18.5 Å². The predicted octanol–water partition coefficient (Wildman–Crippen LogP) is 1.46. The van der Waals surface area contributed by atoms with Crippen LogP contribution in [-0.2, 0) is 11.8 Å². The number of carbonyl (C=O) groups excluding carboxylic acids is 2. The molecule has 1 fully saturated rings. The van der Waals surface area contributed by atoms with Crippen LogP contribution in [0.3, 0.4) is 0 Å². The molecule has 2 rings (SSSR count). The van der Waals surface area contributed by atoms with Crippen LogP contribution in [0.5, 0.6) is 0 Å². The maximum absolute atomic E-state index is 12.4. The Morgan fingerprint density at radius 1 is 1.25 bits per heavy atom. The van der Waals surface area contributed by atoms with Crippen molar-refractivity contribution in [3.05, 3.63) is 33.7 Å². The number of aromatic nitrogens is 1. The first-order valence-electron chi connectivity index (χ1n) is 8.54. The first-order chi connectivity index (χ1) is 11.3. The quantitative estimate of drug-likeness (QED) is 0.907. The molecule has 0 saturated carbocycles. The lowest BCUT2D eigenvalue weighted by Crippen LogP contribution is -2.47. The molecule has 2 amide bonds. The van der Waals surface area contributed by atoms with Gasteiger partial charge in [-0.2, -0.15) is 0 Å². The third-order valence-electron chi connectivity index (χ3n) is 4.52. The molecule has 24 heavy (non-hydrogen) atoms. The fourth-order valence-corrected chi connectivity index (χ4v) is 2.99. The zero-order valence-corrected chi connectivity index (χ0v) is 15.0. The monoisotopic (exact) mass is 333 g/mol. The van der Waals surface area contributed by atoms with E-state index in [1.54, 1.807) is 18.5 Å². The van der Waals surface area contributed by atoms with Crippen molar-refractivity contribution in [3.63, 3.8) is 0 Å². The van der Waals surface area contributed by atoms with Crippen molar-refractivity contribution in [1.82, 2.24) is 14.8 Å². The predicted molar refractivity (Wildman–Crippen MR) is 92.9 cm³/mol. The van der Waals surface area contributed by atoms with Gasteiger partial charge in [0, 0.05) is 50.4 Å². The summed E-state index contributed by atoms with van der Waals surface area (Å²) < 4.78 is 1.72. The molecule has 1 aliphatic heterocycles. The Morgan fingerprint density at radius 2 is 1.88 bits per heavy atom. The molecule has 2 heterocycles. The highest BCUT2D eigenvalue weighted by molar-refractivity contribution is 5.92. The summed E-state index contributed by atoms with van der Waals surface area (Å²) in [5.41, 5.74) is 0.963. The highest BCUT2D eigenvalue weighted by atomic mass is 16.2. The third-order valence-corrected chi connectivity index (χ3v) is 4.52. The minimum absolute atomic E-state index is 0.0382. The first-order valence-corrected chi connectivity index (χ1v) is 8.54. The number of pyridine rings is 1. The number of hydrogen-bond acceptors (Lipinski definition) is 3. The molecule has 1 aromatic rings. The standard InChI is InChI=1S/C18H27N3O3/c1-12(2)9-17(23)21-7-5-14(6-8-21)19-18(24)16-11-15(22)10-13(3)20(16)4/h10-12,14H,5-9H2,1-4H3,(H,19,24). The summed E-state index contributed by atoms with van der Waals surface area (Å²) in [5.74, 6) is 0.318. The van der Waals surface area contributed by atoms with Crippen LogP contribution in [0.15, 0.2) is 16.9 Å². The minimum Gasteiger partial charge on any atom is -0.348 e. The van der Waals surface area contributed by atoms with Crippen LogP contribution in [0.25, 0.3) is 0 Å². The van der Waals surface area contributed by atoms with Gasteiger partial charge in [-0.15, -0.1) is 0 Å². The highest BCUT2D eigenvalue weighted by Crippen LogP contribution is 2.14. The summed E-state index contributed by atoms with van der Waals surface area (Å²) in [7, 11) is 1.77. The fourth-order valence-electron chi connectivity index (χ4n) is 2.99. The molecule has 0 atom stereocenters.